The molecule has 2 heterocycles. The molecule has 0 bridgehead atoms. The van der Waals surface area contributed by atoms with Crippen LogP contribution in [0.5, 0.6) is 0 Å². The lowest BCUT2D eigenvalue weighted by Gasteiger charge is -2.12. The van der Waals surface area contributed by atoms with E-state index >= 15 is 0 Å². The molecule has 202 valence electrons. The number of hydrogen-bond donors (Lipinski definition) is 3. The number of aliphatic carboxylic acids is 1. The Bertz CT molecular complexity index is 827. The van der Waals surface area contributed by atoms with Crippen LogP contribution in [0.2, 0.25) is 0 Å². The Balaban J connectivity index is 0.000000551. The zero-order valence-corrected chi connectivity index (χ0v) is 19.9. The number of methoxy groups -OCH3 is 3. The maximum absolute atomic E-state index is 11.2. The number of carbonyl (C=O) groups is 7. The van der Waals surface area contributed by atoms with E-state index < -0.39 is 42.1 Å². The van der Waals surface area contributed by atoms with E-state index in [0.717, 1.165) is 0 Å². The summed E-state index contributed by atoms with van der Waals surface area (Å²) in [5.41, 5.74) is 0. The predicted octanol–water partition coefficient (Wildman–Crippen LogP) is -3.22. The number of cyclic esters (lactones) is 1. The van der Waals surface area contributed by atoms with Gasteiger partial charge in [-0.2, -0.15) is 0 Å². The number of rotatable bonds is 11. The molecule has 2 rings (SSSR count). The van der Waals surface area contributed by atoms with Gasteiger partial charge in [-0.3, -0.25) is 24.0 Å². The van der Waals surface area contributed by atoms with Gasteiger partial charge in [0.15, 0.2) is 0 Å². The van der Waals surface area contributed by atoms with E-state index in [1.165, 1.54) is 21.3 Å². The summed E-state index contributed by atoms with van der Waals surface area (Å²) < 4.78 is 18.2. The first-order valence-electron chi connectivity index (χ1n) is 10.1. The van der Waals surface area contributed by atoms with Crippen LogP contribution in [-0.2, 0) is 57.3 Å². The van der Waals surface area contributed by atoms with Crippen molar-refractivity contribution in [2.24, 2.45) is 4.99 Å². The number of nitrogens with zero attached hydrogens (tertiary/aromatic N) is 2. The molecule has 3 N–H and O–H groups in total. The molecule has 2 aliphatic rings. The number of hydrogen-bond acceptors (Lipinski definition) is 13. The monoisotopic (exact) mass is 520 g/mol. The van der Waals surface area contributed by atoms with Crippen molar-refractivity contribution in [1.29, 1.82) is 0 Å². The number of amides is 4. The second-order valence-electron chi connectivity index (χ2n) is 6.48. The van der Waals surface area contributed by atoms with Gasteiger partial charge in [0.2, 0.25) is 17.7 Å². The highest BCUT2D eigenvalue weighted by Gasteiger charge is 2.32. The van der Waals surface area contributed by atoms with E-state index in [9.17, 15) is 33.6 Å². The zero-order chi connectivity index (χ0) is 27.5. The van der Waals surface area contributed by atoms with Crippen molar-refractivity contribution < 1.29 is 62.5 Å². The minimum absolute atomic E-state index is 0.0299. The van der Waals surface area contributed by atoms with Crippen molar-refractivity contribution in [2.75, 3.05) is 60.8 Å². The van der Waals surface area contributed by atoms with Crippen LogP contribution in [-0.4, -0.2) is 118 Å². The molecule has 1 fully saturated rings. The number of carboxylic acids is 1. The first kappa shape index (κ1) is 32.0. The van der Waals surface area contributed by atoms with Crippen LogP contribution in [0.4, 0.5) is 0 Å². The highest BCUT2D eigenvalue weighted by Crippen LogP contribution is 2.11. The zero-order valence-electron chi connectivity index (χ0n) is 19.9. The molecule has 0 radical (unpaired) electrons. The molecule has 1 saturated heterocycles. The third-order valence-electron chi connectivity index (χ3n) is 3.50. The lowest BCUT2D eigenvalue weighted by molar-refractivity contribution is -0.196. The first-order chi connectivity index (χ1) is 17.0. The molecule has 17 nitrogen and oxygen atoms in total. The van der Waals surface area contributed by atoms with Crippen molar-refractivity contribution in [1.82, 2.24) is 15.7 Å². The SMILES string of the molecule is COCC(=O)NCC(=O)O.COCC(=O)NCC(=O)ON1C(=O)CCC1=O.COCC1=NCC(=O)O1. The van der Waals surface area contributed by atoms with E-state index in [2.05, 4.69) is 39.4 Å². The van der Waals surface area contributed by atoms with E-state index in [4.69, 9.17) is 5.11 Å². The molecule has 0 aromatic heterocycles. The molecule has 0 unspecified atom stereocenters. The third kappa shape index (κ3) is 15.0. The number of carboxylic acid groups (broad SMARTS) is 1. The van der Waals surface area contributed by atoms with Crippen molar-refractivity contribution in [3.63, 3.8) is 0 Å². The van der Waals surface area contributed by atoms with Crippen LogP contribution >= 0.6 is 0 Å². The van der Waals surface area contributed by atoms with Crippen molar-refractivity contribution >= 4 is 47.4 Å². The predicted molar refractivity (Wildman–Crippen MR) is 115 cm³/mol. The van der Waals surface area contributed by atoms with Crippen molar-refractivity contribution in [3.05, 3.63) is 0 Å². The number of hydroxylamine groups is 2. The van der Waals surface area contributed by atoms with Gasteiger partial charge in [0.1, 0.15) is 39.5 Å². The Morgan fingerprint density at radius 1 is 0.917 bits per heavy atom. The second-order valence-corrected chi connectivity index (χ2v) is 6.48. The smallest absolute Gasteiger partial charge is 0.352 e. The number of esters is 1. The Morgan fingerprint density at radius 2 is 1.44 bits per heavy atom. The van der Waals surface area contributed by atoms with Crippen LogP contribution in [0, 0.1) is 0 Å². The fraction of sp³-hybridized carbons (Fsp3) is 0.579. The van der Waals surface area contributed by atoms with Gasteiger partial charge in [0, 0.05) is 34.2 Å². The second kappa shape index (κ2) is 18.4. The van der Waals surface area contributed by atoms with E-state index in [0.29, 0.717) is 11.0 Å². The van der Waals surface area contributed by atoms with Crippen LogP contribution in [0.25, 0.3) is 0 Å². The summed E-state index contributed by atoms with van der Waals surface area (Å²) >= 11 is 0. The topological polar surface area (TPSA) is 226 Å². The van der Waals surface area contributed by atoms with Gasteiger partial charge in [0.05, 0.1) is 0 Å². The summed E-state index contributed by atoms with van der Waals surface area (Å²) in [6.07, 6.45) is 0.0598. The molecule has 0 aromatic rings. The summed E-state index contributed by atoms with van der Waals surface area (Å²) in [5, 5.41) is 12.8. The molecule has 0 aromatic carbocycles. The number of carbonyl (C=O) groups excluding carboxylic acids is 6. The van der Waals surface area contributed by atoms with E-state index in [1.54, 1.807) is 0 Å². The standard InChI is InChI=1S/C9H12N2O6.C5H9NO4.C5H7NO3/c1-16-5-6(12)10-4-9(15)17-11-7(13)2-3-8(11)14;1-10-3-4(7)6-2-5(8)9;1-8-3-4-6-2-5(7)9-4/h2-5H2,1H3,(H,10,12);2-3H2,1H3,(H,6,7)(H,8,9);2-3H2,1H3. The summed E-state index contributed by atoms with van der Waals surface area (Å²) in [4.78, 5) is 83.1. The molecule has 2 aliphatic heterocycles. The van der Waals surface area contributed by atoms with Gasteiger partial charge in [-0.15, -0.1) is 5.06 Å². The number of aliphatic imine (C=N–C) groups is 1. The Morgan fingerprint density at radius 3 is 1.86 bits per heavy atom. The Kier molecular flexibility index (Phi) is 16.4. The normalized spacial score (nSPS) is 13.9. The summed E-state index contributed by atoms with van der Waals surface area (Å²) in [6.45, 7) is -0.659. The molecule has 0 spiro atoms. The molecule has 0 aliphatic carbocycles. The highest BCUT2D eigenvalue weighted by molar-refractivity contribution is 6.01. The van der Waals surface area contributed by atoms with Crippen molar-refractivity contribution in [3.8, 4) is 0 Å². The average Bonchev–Trinajstić information content (AvgIpc) is 3.37. The van der Waals surface area contributed by atoms with Crippen LogP contribution in [0.1, 0.15) is 12.8 Å². The number of ether oxygens (including phenoxy) is 4. The molecular weight excluding hydrogens is 492 g/mol. The average molecular weight is 520 g/mol. The maximum Gasteiger partial charge on any atom is 0.352 e. The Hall–Kier alpha value is -3.96. The van der Waals surface area contributed by atoms with Gasteiger partial charge in [-0.1, -0.05) is 0 Å². The fourth-order valence-corrected chi connectivity index (χ4v) is 2.05. The van der Waals surface area contributed by atoms with Crippen LogP contribution in [0.15, 0.2) is 4.99 Å². The number of nitrogens with one attached hydrogen (secondary N) is 2. The van der Waals surface area contributed by atoms with Gasteiger partial charge in [-0.05, 0) is 0 Å². The highest BCUT2D eigenvalue weighted by atomic mass is 16.7. The lowest BCUT2D eigenvalue weighted by atomic mass is 10.4. The van der Waals surface area contributed by atoms with Gasteiger partial charge in [-0.25, -0.2) is 14.6 Å². The van der Waals surface area contributed by atoms with Gasteiger partial charge in [0.25, 0.3) is 11.8 Å². The summed E-state index contributed by atoms with van der Waals surface area (Å²) in [7, 11) is 4.22. The minimum Gasteiger partial charge on any atom is -0.480 e. The largest absolute Gasteiger partial charge is 0.480 e. The van der Waals surface area contributed by atoms with E-state index in [-0.39, 0.29) is 51.7 Å². The third-order valence-corrected chi connectivity index (χ3v) is 3.50. The minimum atomic E-state index is -1.07. The van der Waals surface area contributed by atoms with E-state index in [1.807, 2.05) is 0 Å². The molecule has 0 atom stereocenters. The molecule has 36 heavy (non-hydrogen) atoms. The fourth-order valence-electron chi connectivity index (χ4n) is 2.05. The summed E-state index contributed by atoms with van der Waals surface area (Å²) in [5.74, 6) is -3.93. The quantitative estimate of drug-likeness (QED) is 0.180. The number of imide groups is 1. The Labute approximate surface area is 205 Å². The van der Waals surface area contributed by atoms with Crippen LogP contribution in [0.3, 0.4) is 0 Å². The molecule has 17 heteroatoms. The van der Waals surface area contributed by atoms with Gasteiger partial charge >= 0.3 is 17.9 Å². The van der Waals surface area contributed by atoms with Crippen molar-refractivity contribution in [2.45, 2.75) is 12.8 Å². The van der Waals surface area contributed by atoms with Crippen LogP contribution < -0.4 is 10.6 Å². The first-order valence-corrected chi connectivity index (χ1v) is 10.1. The maximum atomic E-state index is 11.2. The lowest BCUT2D eigenvalue weighted by Crippen LogP contribution is -2.38. The summed E-state index contributed by atoms with van der Waals surface area (Å²) in [6, 6.07) is 0. The molecular formula is C19H28N4O13. The molecule has 4 amide bonds. The van der Waals surface area contributed by atoms with Gasteiger partial charge < -0.3 is 39.5 Å². The molecule has 0 saturated carbocycles.